The number of hydrogen-bond donors (Lipinski definition) is 2. The van der Waals surface area contributed by atoms with Crippen LogP contribution in [-0.2, 0) is 17.4 Å². The van der Waals surface area contributed by atoms with E-state index in [1.807, 2.05) is 13.8 Å². The number of ether oxygens (including phenoxy) is 1. The zero-order chi connectivity index (χ0) is 22.6. The summed E-state index contributed by atoms with van der Waals surface area (Å²) < 4.78 is 46.2. The Balaban J connectivity index is 1.99. The molecule has 164 valence electrons. The average molecular weight is 433 g/mol. The first-order valence-electron chi connectivity index (χ1n) is 9.51. The number of hydrogen-bond acceptors (Lipinski definition) is 5. The van der Waals surface area contributed by atoms with E-state index in [9.17, 15) is 18.0 Å². The Morgan fingerprint density at radius 3 is 2.61 bits per heavy atom. The molecule has 0 fully saturated rings. The first kappa shape index (κ1) is 22.1. The van der Waals surface area contributed by atoms with Crippen LogP contribution < -0.4 is 15.4 Å². The zero-order valence-corrected chi connectivity index (χ0v) is 17.2. The number of rotatable bonds is 7. The monoisotopic (exact) mass is 433 g/mol. The van der Waals surface area contributed by atoms with Crippen LogP contribution in [0, 0.1) is 6.92 Å². The second-order valence-electron chi connectivity index (χ2n) is 6.79. The molecule has 0 spiro atoms. The number of nitrogens with one attached hydrogen (secondary N) is 2. The van der Waals surface area contributed by atoms with Crippen molar-refractivity contribution in [2.24, 2.45) is 0 Å². The smallest absolute Gasteiger partial charge is 0.416 e. The summed E-state index contributed by atoms with van der Waals surface area (Å²) in [5.74, 6) is 0.154. The van der Waals surface area contributed by atoms with Crippen molar-refractivity contribution >= 4 is 17.4 Å². The Morgan fingerprint density at radius 1 is 1.19 bits per heavy atom. The number of benzene rings is 1. The molecule has 0 radical (unpaired) electrons. The molecule has 1 amide bonds. The lowest BCUT2D eigenvalue weighted by Gasteiger charge is -2.12. The molecular formula is C21H22F3N5O2. The summed E-state index contributed by atoms with van der Waals surface area (Å²) >= 11 is 0. The number of likely N-dealkylation sites (N-methyl/N-ethyl adjacent to an activating group) is 1. The predicted molar refractivity (Wildman–Crippen MR) is 110 cm³/mol. The highest BCUT2D eigenvalue weighted by Crippen LogP contribution is 2.35. The van der Waals surface area contributed by atoms with Crippen LogP contribution in [0.25, 0.3) is 5.69 Å². The molecule has 0 bridgehead atoms. The van der Waals surface area contributed by atoms with E-state index in [-0.39, 0.29) is 29.6 Å². The Labute approximate surface area is 177 Å². The lowest BCUT2D eigenvalue weighted by molar-refractivity contribution is -0.137. The molecule has 31 heavy (non-hydrogen) atoms. The van der Waals surface area contributed by atoms with Gasteiger partial charge >= 0.3 is 6.18 Å². The first-order chi connectivity index (χ1) is 14.7. The van der Waals surface area contributed by atoms with Gasteiger partial charge in [0.2, 0.25) is 5.91 Å². The van der Waals surface area contributed by atoms with E-state index in [0.717, 1.165) is 17.8 Å². The third-order valence-corrected chi connectivity index (χ3v) is 4.37. The van der Waals surface area contributed by atoms with Crippen molar-refractivity contribution in [3.8, 4) is 11.4 Å². The van der Waals surface area contributed by atoms with Gasteiger partial charge in [-0.15, -0.1) is 5.10 Å². The van der Waals surface area contributed by atoms with Crippen molar-refractivity contribution in [2.75, 3.05) is 19.0 Å². The van der Waals surface area contributed by atoms with Crippen molar-refractivity contribution in [3.05, 3.63) is 59.5 Å². The summed E-state index contributed by atoms with van der Waals surface area (Å²) in [6.45, 7) is 4.12. The Bertz CT molecular complexity index is 1080. The third-order valence-electron chi connectivity index (χ3n) is 4.37. The molecule has 0 unspecified atom stereocenters. The van der Waals surface area contributed by atoms with Gasteiger partial charge in [0.1, 0.15) is 5.75 Å². The minimum absolute atomic E-state index is 0.0514. The summed E-state index contributed by atoms with van der Waals surface area (Å²) in [7, 11) is 1.30. The number of anilines is 2. The van der Waals surface area contributed by atoms with Crippen LogP contribution >= 0.6 is 0 Å². The van der Waals surface area contributed by atoms with E-state index in [0.29, 0.717) is 17.9 Å². The molecule has 1 aromatic carbocycles. The van der Waals surface area contributed by atoms with Gasteiger partial charge < -0.3 is 15.4 Å². The number of alkyl halides is 3. The van der Waals surface area contributed by atoms with Crippen molar-refractivity contribution in [3.63, 3.8) is 0 Å². The second-order valence-corrected chi connectivity index (χ2v) is 6.79. The van der Waals surface area contributed by atoms with Gasteiger partial charge in [-0.1, -0.05) is 0 Å². The highest BCUT2D eigenvalue weighted by Gasteiger charge is 2.31. The topological polar surface area (TPSA) is 81.1 Å². The number of nitrogens with zero attached hydrogens (tertiary/aromatic N) is 3. The molecule has 2 heterocycles. The highest BCUT2D eigenvalue weighted by molar-refractivity contribution is 5.78. The molecule has 3 rings (SSSR count). The maximum atomic E-state index is 13.2. The number of amides is 1. The predicted octanol–water partition coefficient (Wildman–Crippen LogP) is 4.03. The summed E-state index contributed by atoms with van der Waals surface area (Å²) in [6.07, 6.45) is -2.86. The number of halogens is 3. The molecule has 0 aliphatic rings. The number of aryl methyl sites for hydroxylation is 1. The maximum Gasteiger partial charge on any atom is 0.416 e. The summed E-state index contributed by atoms with van der Waals surface area (Å²) in [4.78, 5) is 16.3. The minimum Gasteiger partial charge on any atom is -0.497 e. The van der Waals surface area contributed by atoms with Gasteiger partial charge in [0.25, 0.3) is 0 Å². The van der Waals surface area contributed by atoms with Crippen LogP contribution in [0.3, 0.4) is 0 Å². The van der Waals surface area contributed by atoms with E-state index in [4.69, 9.17) is 4.74 Å². The highest BCUT2D eigenvalue weighted by atomic mass is 19.4. The molecule has 0 aliphatic carbocycles. The molecule has 0 saturated carbocycles. The summed E-state index contributed by atoms with van der Waals surface area (Å²) in [6, 6.07) is 8.49. The van der Waals surface area contributed by atoms with Gasteiger partial charge in [-0.2, -0.15) is 13.2 Å². The fraction of sp³-hybridized carbons (Fsp3) is 0.286. The van der Waals surface area contributed by atoms with E-state index in [2.05, 4.69) is 20.7 Å². The first-order valence-corrected chi connectivity index (χ1v) is 9.51. The van der Waals surface area contributed by atoms with Crippen molar-refractivity contribution < 1.29 is 22.7 Å². The molecule has 7 nitrogen and oxygen atoms in total. The molecule has 0 saturated heterocycles. The van der Waals surface area contributed by atoms with E-state index in [1.54, 1.807) is 29.1 Å². The Morgan fingerprint density at radius 2 is 1.97 bits per heavy atom. The average Bonchev–Trinajstić information content (AvgIpc) is 3.09. The third kappa shape index (κ3) is 5.53. The number of carbonyl (C=O) groups is 1. The van der Waals surface area contributed by atoms with Crippen molar-refractivity contribution in [1.82, 2.24) is 20.1 Å². The van der Waals surface area contributed by atoms with Gasteiger partial charge in [0.05, 0.1) is 30.5 Å². The zero-order valence-electron chi connectivity index (χ0n) is 17.2. The Kier molecular flexibility index (Phi) is 6.47. The number of methoxy groups -OCH3 is 1. The lowest BCUT2D eigenvalue weighted by Crippen LogP contribution is -2.25. The number of pyridine rings is 1. The van der Waals surface area contributed by atoms with Crippen molar-refractivity contribution in [2.45, 2.75) is 26.4 Å². The standard InChI is InChI=1S/C21H22F3N5O2/c1-4-25-20(30)12-17-11-19(28-29(17)16-5-6-26-13(2)7-16)27-15-8-14(21(22,23)24)9-18(10-15)31-3/h5-11H,4,12H2,1-3H3,(H,25,30)(H,27,28). The SMILES string of the molecule is CCNC(=O)Cc1cc(Nc2cc(OC)cc(C(F)(F)F)c2)nn1-c1ccnc(C)c1. The van der Waals surface area contributed by atoms with E-state index < -0.39 is 11.7 Å². The second kappa shape index (κ2) is 9.07. The normalized spacial score (nSPS) is 11.3. The van der Waals surface area contributed by atoms with Crippen LogP contribution in [0.1, 0.15) is 23.9 Å². The fourth-order valence-electron chi connectivity index (χ4n) is 3.02. The molecule has 0 atom stereocenters. The quantitative estimate of drug-likeness (QED) is 0.588. The van der Waals surface area contributed by atoms with Gasteiger partial charge in [-0.25, -0.2) is 4.68 Å². The molecular weight excluding hydrogens is 411 g/mol. The molecule has 0 aliphatic heterocycles. The Hall–Kier alpha value is -3.56. The molecule has 2 N–H and O–H groups in total. The summed E-state index contributed by atoms with van der Waals surface area (Å²) in [5, 5.41) is 10.1. The molecule has 3 aromatic rings. The fourth-order valence-corrected chi connectivity index (χ4v) is 3.02. The maximum absolute atomic E-state index is 13.2. The largest absolute Gasteiger partial charge is 0.497 e. The van der Waals surface area contributed by atoms with Gasteiger partial charge in [0.15, 0.2) is 5.82 Å². The van der Waals surface area contributed by atoms with Crippen LogP contribution in [0.2, 0.25) is 0 Å². The van der Waals surface area contributed by atoms with Crippen LogP contribution in [0.5, 0.6) is 5.75 Å². The van der Waals surface area contributed by atoms with E-state index in [1.165, 1.54) is 13.2 Å². The van der Waals surface area contributed by atoms with Gasteiger partial charge in [-0.3, -0.25) is 9.78 Å². The van der Waals surface area contributed by atoms with Gasteiger partial charge in [-0.05, 0) is 38.1 Å². The van der Waals surface area contributed by atoms with Crippen LogP contribution in [0.15, 0.2) is 42.6 Å². The molecule has 10 heteroatoms. The molecule has 2 aromatic heterocycles. The van der Waals surface area contributed by atoms with Gasteiger partial charge in [0, 0.05) is 36.3 Å². The van der Waals surface area contributed by atoms with Crippen molar-refractivity contribution in [1.29, 1.82) is 0 Å². The number of carbonyl (C=O) groups excluding carboxylic acids is 1. The van der Waals surface area contributed by atoms with E-state index >= 15 is 0 Å². The summed E-state index contributed by atoms with van der Waals surface area (Å²) in [5.41, 5.74) is 1.32. The lowest BCUT2D eigenvalue weighted by atomic mass is 10.1. The van der Waals surface area contributed by atoms with Crippen LogP contribution in [0.4, 0.5) is 24.7 Å². The number of aromatic nitrogens is 3. The minimum atomic E-state index is -4.53. The van der Waals surface area contributed by atoms with Crippen LogP contribution in [-0.4, -0.2) is 34.3 Å².